The first-order chi connectivity index (χ1) is 14.6. The van der Waals surface area contributed by atoms with E-state index < -0.39 is 0 Å². The Hall–Kier alpha value is -2.54. The molecule has 0 saturated heterocycles. The van der Waals surface area contributed by atoms with Crippen LogP contribution in [0.25, 0.3) is 10.2 Å². The van der Waals surface area contributed by atoms with Crippen molar-refractivity contribution in [3.8, 4) is 5.75 Å². The fourth-order valence-corrected chi connectivity index (χ4v) is 4.70. The number of anilines is 1. The molecule has 7 heteroatoms. The first kappa shape index (κ1) is 20.7. The number of aromatic nitrogens is 1. The molecule has 0 fully saturated rings. The number of ether oxygens (including phenoxy) is 1. The summed E-state index contributed by atoms with van der Waals surface area (Å²) in [5.74, 6) is 1.46. The maximum absolute atomic E-state index is 12.6. The van der Waals surface area contributed by atoms with Crippen LogP contribution in [0.1, 0.15) is 22.8 Å². The van der Waals surface area contributed by atoms with E-state index in [0.29, 0.717) is 17.3 Å². The molecule has 152 valence electrons. The Morgan fingerprint density at radius 1 is 1.10 bits per heavy atom. The summed E-state index contributed by atoms with van der Waals surface area (Å²) in [5, 5.41) is 4.20. The third-order valence-electron chi connectivity index (χ3n) is 4.33. The number of thiazole rings is 1. The van der Waals surface area contributed by atoms with Gasteiger partial charge in [-0.05, 0) is 67.1 Å². The van der Waals surface area contributed by atoms with Crippen LogP contribution in [-0.4, -0.2) is 17.5 Å². The summed E-state index contributed by atoms with van der Waals surface area (Å²) in [6.45, 7) is 2.56. The molecule has 4 nitrogen and oxygen atoms in total. The number of hydrogen-bond acceptors (Lipinski definition) is 5. The van der Waals surface area contributed by atoms with E-state index in [1.807, 2.05) is 73.7 Å². The number of rotatable bonds is 7. The van der Waals surface area contributed by atoms with E-state index in [-0.39, 0.29) is 5.91 Å². The average molecular weight is 455 g/mol. The molecule has 1 aromatic heterocycles. The standard InChI is InChI=1S/C23H19ClN2O2S2/c1-2-28-18-9-12-20-21(13-18)30-23(25-20)26-22(27)16-5-3-15(4-6-16)14-29-19-10-7-17(24)8-11-19/h3-13H,2,14H2,1H3,(H,25,26,27). The number of thioether (sulfide) groups is 1. The van der Waals surface area contributed by atoms with E-state index in [9.17, 15) is 4.79 Å². The second-order valence-corrected chi connectivity index (χ2v) is 8.99. The first-order valence-corrected chi connectivity index (χ1v) is 11.6. The summed E-state index contributed by atoms with van der Waals surface area (Å²) in [4.78, 5) is 18.2. The Labute approximate surface area is 188 Å². The molecule has 0 aliphatic heterocycles. The van der Waals surface area contributed by atoms with E-state index in [0.717, 1.165) is 37.2 Å². The Morgan fingerprint density at radius 3 is 2.60 bits per heavy atom. The van der Waals surface area contributed by atoms with Crippen LogP contribution in [0.3, 0.4) is 0 Å². The monoisotopic (exact) mass is 454 g/mol. The zero-order chi connectivity index (χ0) is 20.9. The van der Waals surface area contributed by atoms with Crippen LogP contribution in [0.4, 0.5) is 5.13 Å². The molecule has 30 heavy (non-hydrogen) atoms. The predicted molar refractivity (Wildman–Crippen MR) is 126 cm³/mol. The minimum atomic E-state index is -0.170. The van der Waals surface area contributed by atoms with Crippen LogP contribution in [0.5, 0.6) is 5.75 Å². The summed E-state index contributed by atoms with van der Waals surface area (Å²) in [6, 6.07) is 21.1. The molecule has 1 heterocycles. The number of nitrogens with one attached hydrogen (secondary N) is 1. The van der Waals surface area contributed by atoms with Gasteiger partial charge in [-0.3, -0.25) is 10.1 Å². The van der Waals surface area contributed by atoms with Crippen LogP contribution in [0.15, 0.2) is 71.6 Å². The highest BCUT2D eigenvalue weighted by atomic mass is 35.5. The fourth-order valence-electron chi connectivity index (χ4n) is 2.83. The quantitative estimate of drug-likeness (QED) is 0.309. The van der Waals surface area contributed by atoms with Gasteiger partial charge >= 0.3 is 0 Å². The van der Waals surface area contributed by atoms with Gasteiger partial charge in [0.05, 0.1) is 16.8 Å². The molecule has 4 aromatic rings. The molecular weight excluding hydrogens is 436 g/mol. The maximum atomic E-state index is 12.6. The Kier molecular flexibility index (Phi) is 6.57. The highest BCUT2D eigenvalue weighted by molar-refractivity contribution is 7.98. The molecule has 0 unspecified atom stereocenters. The number of nitrogens with zero attached hydrogens (tertiary/aromatic N) is 1. The van der Waals surface area contributed by atoms with Crippen LogP contribution < -0.4 is 10.1 Å². The lowest BCUT2D eigenvalue weighted by Gasteiger charge is -2.05. The van der Waals surface area contributed by atoms with Gasteiger partial charge in [-0.2, -0.15) is 0 Å². The predicted octanol–water partition coefficient (Wildman–Crippen LogP) is 6.89. The second-order valence-electron chi connectivity index (χ2n) is 6.48. The lowest BCUT2D eigenvalue weighted by molar-refractivity contribution is 0.102. The van der Waals surface area contributed by atoms with E-state index in [4.69, 9.17) is 16.3 Å². The fraction of sp³-hybridized carbons (Fsp3) is 0.130. The normalized spacial score (nSPS) is 10.9. The average Bonchev–Trinajstić information content (AvgIpc) is 3.15. The lowest BCUT2D eigenvalue weighted by Crippen LogP contribution is -2.11. The van der Waals surface area contributed by atoms with Crippen molar-refractivity contribution in [2.24, 2.45) is 0 Å². The topological polar surface area (TPSA) is 51.2 Å². The number of hydrogen-bond donors (Lipinski definition) is 1. The van der Waals surface area contributed by atoms with E-state index in [2.05, 4.69) is 10.3 Å². The summed E-state index contributed by atoms with van der Waals surface area (Å²) >= 11 is 9.08. The third kappa shape index (κ3) is 5.14. The number of carbonyl (C=O) groups is 1. The first-order valence-electron chi connectivity index (χ1n) is 9.43. The number of fused-ring (bicyclic) bond motifs is 1. The molecule has 3 aromatic carbocycles. The molecule has 0 aliphatic carbocycles. The summed E-state index contributed by atoms with van der Waals surface area (Å²) in [5.41, 5.74) is 2.59. The van der Waals surface area contributed by atoms with Crippen LogP contribution >= 0.6 is 34.7 Å². The lowest BCUT2D eigenvalue weighted by atomic mass is 10.1. The van der Waals surface area contributed by atoms with Gasteiger partial charge in [0.2, 0.25) is 0 Å². The number of amides is 1. The van der Waals surface area contributed by atoms with E-state index >= 15 is 0 Å². The van der Waals surface area contributed by atoms with Gasteiger partial charge in [-0.1, -0.05) is 35.1 Å². The Bertz CT molecular complexity index is 1160. The van der Waals surface area contributed by atoms with Crippen LogP contribution in [0.2, 0.25) is 5.02 Å². The number of halogens is 1. The van der Waals surface area contributed by atoms with E-state index in [1.165, 1.54) is 11.3 Å². The molecule has 0 aliphatic rings. The smallest absolute Gasteiger partial charge is 0.257 e. The SMILES string of the molecule is CCOc1ccc2nc(NC(=O)c3ccc(CSc4ccc(Cl)cc4)cc3)sc2c1. The molecule has 0 bridgehead atoms. The summed E-state index contributed by atoms with van der Waals surface area (Å²) < 4.78 is 6.50. The van der Waals surface area contributed by atoms with Gasteiger partial charge in [-0.15, -0.1) is 11.8 Å². The van der Waals surface area contributed by atoms with Gasteiger partial charge in [0.15, 0.2) is 5.13 Å². The Balaban J connectivity index is 1.38. The van der Waals surface area contributed by atoms with E-state index in [1.54, 1.807) is 11.8 Å². The summed E-state index contributed by atoms with van der Waals surface area (Å²) in [6.07, 6.45) is 0. The molecule has 1 amide bonds. The van der Waals surface area contributed by atoms with Gasteiger partial charge in [0.1, 0.15) is 5.75 Å². The minimum absolute atomic E-state index is 0.170. The van der Waals surface area contributed by atoms with Gasteiger partial charge in [-0.25, -0.2) is 4.98 Å². The summed E-state index contributed by atoms with van der Waals surface area (Å²) in [7, 11) is 0. The molecule has 4 rings (SSSR count). The van der Waals surface area contributed by atoms with Crippen molar-refractivity contribution in [3.05, 3.63) is 82.9 Å². The zero-order valence-electron chi connectivity index (χ0n) is 16.2. The van der Waals surface area contributed by atoms with Crippen molar-refractivity contribution in [2.45, 2.75) is 17.6 Å². The molecule has 0 atom stereocenters. The largest absolute Gasteiger partial charge is 0.494 e. The van der Waals surface area contributed by atoms with Gasteiger partial charge < -0.3 is 4.74 Å². The van der Waals surface area contributed by atoms with Crippen molar-refractivity contribution < 1.29 is 9.53 Å². The maximum Gasteiger partial charge on any atom is 0.257 e. The molecule has 1 N–H and O–H groups in total. The van der Waals surface area contributed by atoms with Crippen LogP contribution in [0, 0.1) is 0 Å². The Morgan fingerprint density at radius 2 is 1.87 bits per heavy atom. The number of benzene rings is 3. The molecule has 0 saturated carbocycles. The minimum Gasteiger partial charge on any atom is -0.494 e. The van der Waals surface area contributed by atoms with Crippen molar-refractivity contribution >= 4 is 56.0 Å². The van der Waals surface area contributed by atoms with Crippen molar-refractivity contribution in [1.29, 1.82) is 0 Å². The molecule has 0 spiro atoms. The second kappa shape index (κ2) is 9.51. The van der Waals surface area contributed by atoms with Crippen LogP contribution in [-0.2, 0) is 5.75 Å². The third-order valence-corrected chi connectivity index (χ3v) is 6.60. The van der Waals surface area contributed by atoms with Gasteiger partial charge in [0, 0.05) is 21.2 Å². The zero-order valence-corrected chi connectivity index (χ0v) is 18.6. The number of carbonyl (C=O) groups excluding carboxylic acids is 1. The van der Waals surface area contributed by atoms with Crippen molar-refractivity contribution in [1.82, 2.24) is 4.98 Å². The van der Waals surface area contributed by atoms with Crippen molar-refractivity contribution in [3.63, 3.8) is 0 Å². The van der Waals surface area contributed by atoms with Gasteiger partial charge in [0.25, 0.3) is 5.91 Å². The highest BCUT2D eigenvalue weighted by Crippen LogP contribution is 2.30. The molecular formula is C23H19ClN2O2S2. The highest BCUT2D eigenvalue weighted by Gasteiger charge is 2.11. The van der Waals surface area contributed by atoms with Crippen molar-refractivity contribution in [2.75, 3.05) is 11.9 Å². The molecule has 0 radical (unpaired) electrons.